The molecule has 2 aliphatic carbocycles. The largest absolute Gasteiger partial charge is 0.360 e. The highest BCUT2D eigenvalue weighted by atomic mass is 32.2. The number of rotatable bonds is 12. The summed E-state index contributed by atoms with van der Waals surface area (Å²) in [7, 11) is 0. The summed E-state index contributed by atoms with van der Waals surface area (Å²) in [6.45, 7) is 20.1. The number of hydrogen-bond donors (Lipinski definition) is 4. The van der Waals surface area contributed by atoms with E-state index in [9.17, 15) is 19.2 Å². The molecule has 10 heteroatoms. The Hall–Kier alpha value is -2.49. The molecule has 3 aliphatic rings. The van der Waals surface area contributed by atoms with E-state index in [1.54, 1.807) is 16.7 Å². The average Bonchev–Trinajstić information content (AvgIpc) is 3.62. The lowest BCUT2D eigenvalue weighted by atomic mass is 9.85. The Morgan fingerprint density at radius 2 is 1.57 bits per heavy atom. The van der Waals surface area contributed by atoms with Crippen molar-refractivity contribution in [1.29, 1.82) is 0 Å². The van der Waals surface area contributed by atoms with Gasteiger partial charge in [-0.3, -0.25) is 14.4 Å². The smallest absolute Gasteiger partial charge is 0.316 e. The molecule has 0 aromatic rings. The first kappa shape index (κ1) is 36.0. The summed E-state index contributed by atoms with van der Waals surface area (Å²) in [5.74, 6) is -0.517. The third-order valence-corrected chi connectivity index (χ3v) is 10.5. The molecular formula is C34H57N5O4S. The summed E-state index contributed by atoms with van der Waals surface area (Å²) >= 11 is 1.79. The minimum Gasteiger partial charge on any atom is -0.360 e. The molecule has 0 spiro atoms. The standard InChI is InChI=1S/C34H57N5O4S/c1-9-35-23(2)27(40)25(22-24-16-11-12-17-24)36-29(41)26-18-15-21-39(26)30(42)28(32(3,4)5)37-31(43)38-34(44-33(6,7)8)19-13-10-14-20-34/h9,24-26,28,35H,1-2,10-22H2,3-8H3,(H,36,41)(H2,37,38,43)/t25?,26-,28?/m0/s1. The van der Waals surface area contributed by atoms with Crippen LogP contribution < -0.4 is 21.3 Å². The van der Waals surface area contributed by atoms with Gasteiger partial charge in [-0.2, -0.15) is 0 Å². The first-order chi connectivity index (χ1) is 20.5. The molecule has 3 rings (SSSR count). The molecule has 2 saturated carbocycles. The predicted octanol–water partition coefficient (Wildman–Crippen LogP) is 5.76. The molecule has 44 heavy (non-hydrogen) atoms. The van der Waals surface area contributed by atoms with Gasteiger partial charge in [0, 0.05) is 11.3 Å². The summed E-state index contributed by atoms with van der Waals surface area (Å²) in [4.78, 5) is 55.9. The van der Waals surface area contributed by atoms with Crippen LogP contribution in [-0.4, -0.2) is 62.8 Å². The van der Waals surface area contributed by atoms with E-state index in [-0.39, 0.29) is 38.9 Å². The van der Waals surface area contributed by atoms with E-state index in [0.29, 0.717) is 31.7 Å². The van der Waals surface area contributed by atoms with Crippen LogP contribution in [0.2, 0.25) is 0 Å². The van der Waals surface area contributed by atoms with Gasteiger partial charge >= 0.3 is 6.03 Å². The third kappa shape index (κ3) is 10.0. The zero-order valence-corrected chi connectivity index (χ0v) is 28.8. The zero-order valence-electron chi connectivity index (χ0n) is 28.0. The number of urea groups is 1. The molecule has 248 valence electrons. The number of thioether (sulfide) groups is 1. The first-order valence-electron chi connectivity index (χ1n) is 16.6. The normalized spacial score (nSPS) is 22.0. The molecule has 4 amide bonds. The van der Waals surface area contributed by atoms with Crippen LogP contribution in [-0.2, 0) is 14.4 Å². The molecule has 1 heterocycles. The Bertz CT molecular complexity index is 1070. The number of carbonyl (C=O) groups is 4. The lowest BCUT2D eigenvalue weighted by Gasteiger charge is -2.42. The van der Waals surface area contributed by atoms with Gasteiger partial charge in [-0.1, -0.05) is 99.6 Å². The van der Waals surface area contributed by atoms with E-state index in [1.807, 2.05) is 20.8 Å². The molecule has 3 atom stereocenters. The fraction of sp³-hybridized carbons (Fsp3) is 0.765. The van der Waals surface area contributed by atoms with E-state index in [1.165, 1.54) is 6.20 Å². The van der Waals surface area contributed by atoms with Gasteiger partial charge in [0.2, 0.25) is 17.6 Å². The van der Waals surface area contributed by atoms with Crippen LogP contribution in [0.4, 0.5) is 4.79 Å². The number of carbonyl (C=O) groups excluding carboxylic acids is 4. The van der Waals surface area contributed by atoms with Gasteiger partial charge < -0.3 is 26.2 Å². The molecule has 0 aromatic heterocycles. The number of nitrogens with one attached hydrogen (secondary N) is 4. The van der Waals surface area contributed by atoms with Crippen molar-refractivity contribution in [3.05, 3.63) is 25.1 Å². The number of ketones is 1. The van der Waals surface area contributed by atoms with Crippen molar-refractivity contribution in [2.75, 3.05) is 6.54 Å². The fourth-order valence-electron chi connectivity index (χ4n) is 6.94. The number of nitrogens with zero attached hydrogens (tertiary/aromatic N) is 1. The predicted molar refractivity (Wildman–Crippen MR) is 179 cm³/mol. The van der Waals surface area contributed by atoms with E-state index < -0.39 is 23.5 Å². The molecule has 1 aliphatic heterocycles. The van der Waals surface area contributed by atoms with Crippen LogP contribution in [0.15, 0.2) is 25.1 Å². The topological polar surface area (TPSA) is 120 Å². The minimum absolute atomic E-state index is 0.0366. The van der Waals surface area contributed by atoms with Crippen molar-refractivity contribution in [2.45, 2.75) is 146 Å². The molecule has 3 fully saturated rings. The third-order valence-electron chi connectivity index (χ3n) is 8.98. The molecule has 1 saturated heterocycles. The Kier molecular flexibility index (Phi) is 12.4. The number of Topliss-reactive ketones (excluding diaryl/α,β-unsaturated/α-hetero) is 1. The maximum absolute atomic E-state index is 14.1. The lowest BCUT2D eigenvalue weighted by molar-refractivity contribution is -0.142. The highest BCUT2D eigenvalue weighted by Gasteiger charge is 2.44. The van der Waals surface area contributed by atoms with Crippen LogP contribution in [0.3, 0.4) is 0 Å². The molecule has 2 unspecified atom stereocenters. The zero-order chi connectivity index (χ0) is 32.7. The summed E-state index contributed by atoms with van der Waals surface area (Å²) < 4.78 is -0.0366. The van der Waals surface area contributed by atoms with Crippen LogP contribution in [0.25, 0.3) is 0 Å². The molecule has 4 N–H and O–H groups in total. The van der Waals surface area contributed by atoms with Crippen LogP contribution in [0.5, 0.6) is 0 Å². The summed E-state index contributed by atoms with van der Waals surface area (Å²) in [5, 5.41) is 12.0. The Morgan fingerprint density at radius 3 is 2.14 bits per heavy atom. The second-order valence-corrected chi connectivity index (χ2v) is 17.2. The van der Waals surface area contributed by atoms with Gasteiger partial charge in [-0.15, -0.1) is 11.8 Å². The molecule has 0 aromatic carbocycles. The van der Waals surface area contributed by atoms with Gasteiger partial charge in [0.05, 0.1) is 16.6 Å². The van der Waals surface area contributed by atoms with Crippen molar-refractivity contribution < 1.29 is 19.2 Å². The second-order valence-electron chi connectivity index (χ2n) is 15.0. The number of amides is 4. The quantitative estimate of drug-likeness (QED) is 0.161. The van der Waals surface area contributed by atoms with Crippen LogP contribution >= 0.6 is 11.8 Å². The summed E-state index contributed by atoms with van der Waals surface area (Å²) in [5.41, 5.74) is -0.407. The van der Waals surface area contributed by atoms with Crippen LogP contribution in [0, 0.1) is 11.3 Å². The fourth-order valence-corrected chi connectivity index (χ4v) is 8.75. The second kappa shape index (κ2) is 15.2. The van der Waals surface area contributed by atoms with Crippen molar-refractivity contribution >= 4 is 35.4 Å². The lowest BCUT2D eigenvalue weighted by Crippen LogP contribution is -2.61. The van der Waals surface area contributed by atoms with Crippen molar-refractivity contribution in [3.8, 4) is 0 Å². The Labute approximate surface area is 269 Å². The van der Waals surface area contributed by atoms with Gasteiger partial charge in [-0.05, 0) is 49.6 Å². The Morgan fingerprint density at radius 1 is 0.932 bits per heavy atom. The van der Waals surface area contributed by atoms with Crippen molar-refractivity contribution in [1.82, 2.24) is 26.2 Å². The van der Waals surface area contributed by atoms with Gasteiger partial charge in [0.15, 0.2) is 0 Å². The number of likely N-dealkylation sites (tertiary alicyclic amines) is 1. The molecular weight excluding hydrogens is 574 g/mol. The van der Waals surface area contributed by atoms with Gasteiger partial charge in [0.1, 0.15) is 12.1 Å². The maximum Gasteiger partial charge on any atom is 0.316 e. The molecule has 0 radical (unpaired) electrons. The van der Waals surface area contributed by atoms with Crippen molar-refractivity contribution in [2.24, 2.45) is 11.3 Å². The SMILES string of the molecule is C=CNC(=C)C(=O)C(CC1CCCC1)NC(=O)[C@@H]1CCCN1C(=O)C(NC(=O)NC1(SC(C)(C)C)CCCCC1)C(C)(C)C. The average molecular weight is 632 g/mol. The highest BCUT2D eigenvalue weighted by molar-refractivity contribution is 8.01. The number of hydrogen-bond acceptors (Lipinski definition) is 6. The molecule has 0 bridgehead atoms. The van der Waals surface area contributed by atoms with Gasteiger partial charge in [0.25, 0.3) is 0 Å². The van der Waals surface area contributed by atoms with E-state index in [2.05, 4.69) is 55.2 Å². The minimum atomic E-state index is -0.830. The van der Waals surface area contributed by atoms with Crippen molar-refractivity contribution in [3.63, 3.8) is 0 Å². The molecule has 9 nitrogen and oxygen atoms in total. The monoisotopic (exact) mass is 631 g/mol. The Balaban J connectivity index is 1.75. The van der Waals surface area contributed by atoms with Crippen LogP contribution in [0.1, 0.15) is 119 Å². The summed E-state index contributed by atoms with van der Waals surface area (Å²) in [6, 6.07) is -2.62. The first-order valence-corrected chi connectivity index (χ1v) is 17.4. The van der Waals surface area contributed by atoms with E-state index in [0.717, 1.165) is 57.8 Å². The maximum atomic E-state index is 14.1. The van der Waals surface area contributed by atoms with E-state index >= 15 is 0 Å². The van der Waals surface area contributed by atoms with Gasteiger partial charge in [-0.25, -0.2) is 4.79 Å². The van der Waals surface area contributed by atoms with E-state index in [4.69, 9.17) is 0 Å². The summed E-state index contributed by atoms with van der Waals surface area (Å²) in [6.07, 6.45) is 12.5. The highest BCUT2D eigenvalue weighted by Crippen LogP contribution is 2.44.